The molecule has 3 rings (SSSR count). The van der Waals surface area contributed by atoms with E-state index >= 15 is 0 Å². The van der Waals surface area contributed by atoms with E-state index in [2.05, 4.69) is 9.72 Å². The molecule has 0 aliphatic carbocycles. The van der Waals surface area contributed by atoms with Gasteiger partial charge < -0.3 is 9.47 Å². The first-order valence-corrected chi connectivity index (χ1v) is 7.88. The number of methoxy groups -OCH3 is 1. The minimum absolute atomic E-state index is 0.0199. The van der Waals surface area contributed by atoms with Crippen molar-refractivity contribution in [3.05, 3.63) is 58.6 Å². The van der Waals surface area contributed by atoms with Gasteiger partial charge in [-0.1, -0.05) is 12.1 Å². The molecule has 2 heterocycles. The zero-order valence-electron chi connectivity index (χ0n) is 14.3. The summed E-state index contributed by atoms with van der Waals surface area (Å²) in [5.41, 5.74) is -1.76. The van der Waals surface area contributed by atoms with Gasteiger partial charge in [0, 0.05) is 12.3 Å². The summed E-state index contributed by atoms with van der Waals surface area (Å²) in [5, 5.41) is 0. The van der Waals surface area contributed by atoms with Crippen LogP contribution in [0.4, 0.5) is 22.0 Å². The molecule has 2 aromatic heterocycles. The van der Waals surface area contributed by atoms with Crippen molar-refractivity contribution < 1.29 is 31.4 Å². The van der Waals surface area contributed by atoms with Crippen LogP contribution in [0, 0.1) is 0 Å². The topological polar surface area (TPSA) is 52.8 Å². The van der Waals surface area contributed by atoms with Gasteiger partial charge in [0.1, 0.15) is 22.8 Å². The van der Waals surface area contributed by atoms with E-state index in [0.29, 0.717) is 5.75 Å². The highest BCUT2D eigenvalue weighted by Crippen LogP contribution is 2.29. The van der Waals surface area contributed by atoms with Crippen molar-refractivity contribution >= 4 is 5.65 Å². The lowest BCUT2D eigenvalue weighted by Crippen LogP contribution is -2.20. The van der Waals surface area contributed by atoms with Gasteiger partial charge in [0.15, 0.2) is 6.61 Å². The van der Waals surface area contributed by atoms with Crippen LogP contribution in [0.25, 0.3) is 16.8 Å². The molecule has 0 saturated heterocycles. The molecule has 0 radical (unpaired) electrons. The van der Waals surface area contributed by atoms with Gasteiger partial charge >= 0.3 is 6.18 Å². The van der Waals surface area contributed by atoms with Gasteiger partial charge in [-0.2, -0.15) is 13.2 Å². The lowest BCUT2D eigenvalue weighted by molar-refractivity contribution is -0.153. The van der Waals surface area contributed by atoms with E-state index in [1.807, 2.05) is 0 Å². The molecule has 0 aliphatic heterocycles. The van der Waals surface area contributed by atoms with Crippen molar-refractivity contribution in [1.82, 2.24) is 9.38 Å². The molecule has 0 saturated carbocycles. The van der Waals surface area contributed by atoms with Crippen molar-refractivity contribution in [2.75, 3.05) is 13.7 Å². The molecule has 0 N–H and O–H groups in total. The molecule has 0 aliphatic rings. The van der Waals surface area contributed by atoms with Crippen LogP contribution in [-0.2, 0) is 0 Å². The molecule has 148 valence electrons. The van der Waals surface area contributed by atoms with E-state index in [-0.39, 0.29) is 22.5 Å². The number of nitrogens with zero attached hydrogens (tertiary/aromatic N) is 2. The summed E-state index contributed by atoms with van der Waals surface area (Å²) in [7, 11) is 1.38. The van der Waals surface area contributed by atoms with Crippen molar-refractivity contribution in [2.24, 2.45) is 0 Å². The second-order valence-electron chi connectivity index (χ2n) is 5.70. The number of pyridine rings is 1. The maximum absolute atomic E-state index is 13.5. The van der Waals surface area contributed by atoms with Gasteiger partial charge in [-0.3, -0.25) is 9.20 Å². The monoisotopic (exact) mass is 400 g/mol. The fourth-order valence-electron chi connectivity index (χ4n) is 2.58. The third kappa shape index (κ3) is 4.05. The van der Waals surface area contributed by atoms with Gasteiger partial charge in [-0.25, -0.2) is 13.8 Å². The van der Waals surface area contributed by atoms with Crippen LogP contribution >= 0.6 is 0 Å². The normalized spacial score (nSPS) is 11.8. The Morgan fingerprint density at radius 1 is 1.11 bits per heavy atom. The summed E-state index contributed by atoms with van der Waals surface area (Å²) < 4.78 is 74.4. The number of halogens is 5. The van der Waals surface area contributed by atoms with Crippen molar-refractivity contribution in [3.63, 3.8) is 0 Å². The molecule has 1 aromatic carbocycles. The van der Waals surface area contributed by atoms with Crippen LogP contribution in [0.2, 0.25) is 0 Å². The molecule has 0 bridgehead atoms. The van der Waals surface area contributed by atoms with Crippen LogP contribution in [0.1, 0.15) is 12.1 Å². The third-order valence-corrected chi connectivity index (χ3v) is 3.82. The molecule has 0 unspecified atom stereocenters. The largest absolute Gasteiger partial charge is 0.497 e. The zero-order valence-corrected chi connectivity index (χ0v) is 14.3. The summed E-state index contributed by atoms with van der Waals surface area (Å²) >= 11 is 0. The maximum Gasteiger partial charge on any atom is 0.422 e. The standard InChI is InChI=1S/C18H13F5N2O3/c1-27-12-6-7-25-13(8-12)24-15(16(19)20)14(17(25)26)10-2-4-11(5-3-10)28-9-18(21,22)23/h2-8,16H,9H2,1H3. The van der Waals surface area contributed by atoms with Gasteiger partial charge in [-0.15, -0.1) is 0 Å². The van der Waals surface area contributed by atoms with Crippen molar-refractivity contribution in [1.29, 1.82) is 0 Å². The van der Waals surface area contributed by atoms with Crippen molar-refractivity contribution in [3.8, 4) is 22.6 Å². The van der Waals surface area contributed by atoms with E-state index < -0.39 is 30.5 Å². The summed E-state index contributed by atoms with van der Waals surface area (Å²) in [4.78, 5) is 16.6. The summed E-state index contributed by atoms with van der Waals surface area (Å²) in [5.74, 6) is 0.226. The van der Waals surface area contributed by atoms with Crippen LogP contribution in [0.15, 0.2) is 47.4 Å². The van der Waals surface area contributed by atoms with E-state index in [1.165, 1.54) is 49.7 Å². The second-order valence-corrected chi connectivity index (χ2v) is 5.70. The fraction of sp³-hybridized carbons (Fsp3) is 0.222. The highest BCUT2D eigenvalue weighted by molar-refractivity contribution is 5.68. The first-order chi connectivity index (χ1) is 13.2. The Morgan fingerprint density at radius 2 is 1.79 bits per heavy atom. The average Bonchev–Trinajstić information content (AvgIpc) is 2.65. The van der Waals surface area contributed by atoms with Gasteiger partial charge in [0.2, 0.25) is 0 Å². The van der Waals surface area contributed by atoms with Crippen LogP contribution in [-0.4, -0.2) is 29.3 Å². The molecule has 0 atom stereocenters. The maximum atomic E-state index is 13.5. The molecule has 0 spiro atoms. The smallest absolute Gasteiger partial charge is 0.422 e. The number of rotatable bonds is 5. The predicted octanol–water partition coefficient (Wildman–Crippen LogP) is 4.25. The molecular formula is C18H13F5N2O3. The average molecular weight is 400 g/mol. The van der Waals surface area contributed by atoms with Gasteiger partial charge in [0.05, 0.1) is 12.7 Å². The number of benzene rings is 1. The lowest BCUT2D eigenvalue weighted by atomic mass is 10.0. The molecule has 0 fully saturated rings. The van der Waals surface area contributed by atoms with E-state index in [4.69, 9.17) is 4.74 Å². The zero-order chi connectivity index (χ0) is 20.5. The number of ether oxygens (including phenoxy) is 2. The summed E-state index contributed by atoms with van der Waals surface area (Å²) in [6, 6.07) is 7.59. The predicted molar refractivity (Wildman–Crippen MR) is 90.0 cm³/mol. The Labute approximate surface area is 155 Å². The Morgan fingerprint density at radius 3 is 2.36 bits per heavy atom. The Balaban J connectivity index is 2.07. The first kappa shape index (κ1) is 19.6. The number of hydrogen-bond donors (Lipinski definition) is 0. The van der Waals surface area contributed by atoms with E-state index in [9.17, 15) is 26.7 Å². The Hall–Kier alpha value is -3.17. The fourth-order valence-corrected chi connectivity index (χ4v) is 2.58. The molecule has 28 heavy (non-hydrogen) atoms. The molecule has 3 aromatic rings. The second kappa shape index (κ2) is 7.45. The van der Waals surface area contributed by atoms with Crippen LogP contribution < -0.4 is 15.0 Å². The van der Waals surface area contributed by atoms with E-state index in [1.54, 1.807) is 0 Å². The molecule has 5 nitrogen and oxygen atoms in total. The first-order valence-electron chi connectivity index (χ1n) is 7.88. The Kier molecular flexibility index (Phi) is 5.21. The summed E-state index contributed by atoms with van der Waals surface area (Å²) in [6.45, 7) is -1.49. The minimum atomic E-state index is -4.51. The molecular weight excluding hydrogens is 387 g/mol. The number of hydrogen-bond acceptors (Lipinski definition) is 4. The number of fused-ring (bicyclic) bond motifs is 1. The summed E-state index contributed by atoms with van der Waals surface area (Å²) in [6.07, 6.45) is -6.22. The highest BCUT2D eigenvalue weighted by atomic mass is 19.4. The van der Waals surface area contributed by atoms with E-state index in [0.717, 1.165) is 4.40 Å². The Bertz CT molecular complexity index is 1050. The van der Waals surface area contributed by atoms with Crippen molar-refractivity contribution in [2.45, 2.75) is 12.6 Å². The SMILES string of the molecule is COc1ccn2c(=O)c(-c3ccc(OCC(F)(F)F)cc3)c(C(F)F)nc2c1. The third-order valence-electron chi connectivity index (χ3n) is 3.82. The lowest BCUT2D eigenvalue weighted by Gasteiger charge is -2.12. The quantitative estimate of drug-likeness (QED) is 0.601. The van der Waals surface area contributed by atoms with Crippen LogP contribution in [0.3, 0.4) is 0 Å². The molecule has 0 amide bonds. The van der Waals surface area contributed by atoms with Crippen LogP contribution in [0.5, 0.6) is 11.5 Å². The minimum Gasteiger partial charge on any atom is -0.497 e. The molecule has 10 heteroatoms. The van der Waals surface area contributed by atoms with Gasteiger partial charge in [0.25, 0.3) is 12.0 Å². The number of alkyl halides is 5. The number of aromatic nitrogens is 2. The van der Waals surface area contributed by atoms with Gasteiger partial charge in [-0.05, 0) is 23.8 Å². The highest BCUT2D eigenvalue weighted by Gasteiger charge is 2.28.